The lowest BCUT2D eigenvalue weighted by Crippen LogP contribution is -2.18. The summed E-state index contributed by atoms with van der Waals surface area (Å²) >= 11 is 7.92. The van der Waals surface area contributed by atoms with E-state index in [2.05, 4.69) is 34.9 Å². The van der Waals surface area contributed by atoms with Crippen LogP contribution in [0.5, 0.6) is 0 Å². The Morgan fingerprint density at radius 1 is 1.29 bits per heavy atom. The summed E-state index contributed by atoms with van der Waals surface area (Å²) < 4.78 is 0. The minimum absolute atomic E-state index is 0.176. The molecule has 0 radical (unpaired) electrons. The van der Waals surface area contributed by atoms with Crippen molar-refractivity contribution in [2.24, 2.45) is 0 Å². The van der Waals surface area contributed by atoms with Gasteiger partial charge >= 0.3 is 0 Å². The summed E-state index contributed by atoms with van der Waals surface area (Å²) in [5, 5.41) is 6.55. The average Bonchev–Trinajstić information content (AvgIpc) is 2.92. The number of benzene rings is 2. The zero-order valence-corrected chi connectivity index (χ0v) is 13.1. The molecular formula is C16H15ClN2OS. The van der Waals surface area contributed by atoms with Crippen LogP contribution in [0.15, 0.2) is 47.4 Å². The molecule has 0 aromatic heterocycles. The van der Waals surface area contributed by atoms with Gasteiger partial charge in [0.2, 0.25) is 0 Å². The van der Waals surface area contributed by atoms with Crippen molar-refractivity contribution < 1.29 is 4.79 Å². The van der Waals surface area contributed by atoms with Crippen LogP contribution in [0, 0.1) is 0 Å². The van der Waals surface area contributed by atoms with Crippen molar-refractivity contribution in [2.75, 3.05) is 18.1 Å². The molecule has 0 saturated heterocycles. The Morgan fingerprint density at radius 2 is 2.10 bits per heavy atom. The number of halogens is 1. The van der Waals surface area contributed by atoms with Gasteiger partial charge in [0, 0.05) is 23.4 Å². The summed E-state index contributed by atoms with van der Waals surface area (Å²) in [7, 11) is 1.60. The maximum atomic E-state index is 11.8. The third-order valence-electron chi connectivity index (χ3n) is 3.48. The minimum atomic E-state index is -0.176. The van der Waals surface area contributed by atoms with E-state index in [1.54, 1.807) is 19.2 Å². The Labute approximate surface area is 133 Å². The van der Waals surface area contributed by atoms with E-state index in [0.717, 1.165) is 11.4 Å². The van der Waals surface area contributed by atoms with Crippen LogP contribution in [0.3, 0.4) is 0 Å². The highest BCUT2D eigenvalue weighted by molar-refractivity contribution is 7.99. The van der Waals surface area contributed by atoms with Gasteiger partial charge in [-0.3, -0.25) is 4.79 Å². The molecule has 0 spiro atoms. The highest BCUT2D eigenvalue weighted by Crippen LogP contribution is 2.39. The van der Waals surface area contributed by atoms with E-state index >= 15 is 0 Å². The van der Waals surface area contributed by atoms with Gasteiger partial charge in [-0.15, -0.1) is 11.8 Å². The summed E-state index contributed by atoms with van der Waals surface area (Å²) in [5.74, 6) is 0.807. The second-order valence-electron chi connectivity index (χ2n) is 4.82. The molecule has 0 saturated carbocycles. The topological polar surface area (TPSA) is 41.1 Å². The maximum absolute atomic E-state index is 11.8. The Morgan fingerprint density at radius 3 is 2.90 bits per heavy atom. The Hall–Kier alpha value is -1.65. The number of nitrogens with one attached hydrogen (secondary N) is 2. The molecule has 21 heavy (non-hydrogen) atoms. The van der Waals surface area contributed by atoms with Crippen LogP contribution >= 0.6 is 23.4 Å². The van der Waals surface area contributed by atoms with E-state index in [4.69, 9.17) is 11.6 Å². The second kappa shape index (κ2) is 6.00. The standard InChI is InChI=1S/C16H15ClN2OS/c1-18-16(20)12-8-10(6-7-13(12)17)19-14-9-21-15-5-3-2-4-11(14)15/h2-8,14,19H,9H2,1H3,(H,18,20). The van der Waals surface area contributed by atoms with Crippen molar-refractivity contribution in [3.8, 4) is 0 Å². The second-order valence-corrected chi connectivity index (χ2v) is 6.29. The van der Waals surface area contributed by atoms with Gasteiger partial charge in [0.1, 0.15) is 0 Å². The first kappa shape index (κ1) is 14.3. The Bertz CT molecular complexity index is 690. The summed E-state index contributed by atoms with van der Waals surface area (Å²) in [6, 6.07) is 14.1. The molecule has 1 aliphatic heterocycles. The quantitative estimate of drug-likeness (QED) is 0.900. The van der Waals surface area contributed by atoms with Crippen molar-refractivity contribution in [2.45, 2.75) is 10.9 Å². The lowest BCUT2D eigenvalue weighted by molar-refractivity contribution is 0.0963. The first-order chi connectivity index (χ1) is 10.2. The molecule has 0 bridgehead atoms. The zero-order chi connectivity index (χ0) is 14.8. The van der Waals surface area contributed by atoms with Crippen molar-refractivity contribution >= 4 is 35.0 Å². The molecule has 3 nitrogen and oxygen atoms in total. The molecular weight excluding hydrogens is 304 g/mol. The smallest absolute Gasteiger partial charge is 0.252 e. The van der Waals surface area contributed by atoms with Crippen LogP contribution < -0.4 is 10.6 Å². The molecule has 0 aliphatic carbocycles. The first-order valence-corrected chi connectivity index (χ1v) is 8.05. The Balaban J connectivity index is 1.85. The fourth-order valence-electron chi connectivity index (χ4n) is 2.41. The monoisotopic (exact) mass is 318 g/mol. The molecule has 1 aliphatic rings. The fourth-order valence-corrected chi connectivity index (χ4v) is 3.77. The molecule has 2 N–H and O–H groups in total. The van der Waals surface area contributed by atoms with E-state index in [1.807, 2.05) is 17.8 Å². The summed E-state index contributed by atoms with van der Waals surface area (Å²) in [4.78, 5) is 13.1. The largest absolute Gasteiger partial charge is 0.377 e. The van der Waals surface area contributed by atoms with Crippen LogP contribution in [0.2, 0.25) is 5.02 Å². The van der Waals surface area contributed by atoms with Crippen LogP contribution in [-0.4, -0.2) is 18.7 Å². The molecule has 0 fully saturated rings. The highest BCUT2D eigenvalue weighted by atomic mass is 35.5. The molecule has 3 rings (SSSR count). The van der Waals surface area contributed by atoms with Gasteiger partial charge in [-0.2, -0.15) is 0 Å². The van der Waals surface area contributed by atoms with Gasteiger partial charge in [-0.25, -0.2) is 0 Å². The van der Waals surface area contributed by atoms with E-state index in [1.165, 1.54) is 10.5 Å². The van der Waals surface area contributed by atoms with Crippen LogP contribution in [0.4, 0.5) is 5.69 Å². The van der Waals surface area contributed by atoms with Crippen molar-refractivity contribution in [1.82, 2.24) is 5.32 Å². The fraction of sp³-hybridized carbons (Fsp3) is 0.188. The number of carbonyl (C=O) groups is 1. The minimum Gasteiger partial charge on any atom is -0.377 e. The van der Waals surface area contributed by atoms with Gasteiger partial charge in [0.05, 0.1) is 16.6 Å². The first-order valence-electron chi connectivity index (χ1n) is 6.69. The van der Waals surface area contributed by atoms with Crippen molar-refractivity contribution in [3.63, 3.8) is 0 Å². The lowest BCUT2D eigenvalue weighted by Gasteiger charge is -2.16. The average molecular weight is 319 g/mol. The normalized spacial score (nSPS) is 16.4. The summed E-state index contributed by atoms with van der Waals surface area (Å²) in [6.45, 7) is 0. The van der Waals surface area contributed by atoms with Gasteiger partial charge < -0.3 is 10.6 Å². The third kappa shape index (κ3) is 2.87. The van der Waals surface area contributed by atoms with Gasteiger partial charge in [-0.05, 0) is 29.8 Å². The number of amides is 1. The van der Waals surface area contributed by atoms with Crippen molar-refractivity contribution in [1.29, 1.82) is 0 Å². The molecule has 1 atom stereocenters. The number of thioether (sulfide) groups is 1. The third-order valence-corrected chi connectivity index (χ3v) is 4.99. The van der Waals surface area contributed by atoms with Gasteiger partial charge in [-0.1, -0.05) is 29.8 Å². The molecule has 1 heterocycles. The highest BCUT2D eigenvalue weighted by Gasteiger charge is 2.22. The molecule has 5 heteroatoms. The van der Waals surface area contributed by atoms with Crippen molar-refractivity contribution in [3.05, 3.63) is 58.6 Å². The predicted molar refractivity (Wildman–Crippen MR) is 88.4 cm³/mol. The lowest BCUT2D eigenvalue weighted by atomic mass is 10.1. The molecule has 108 valence electrons. The van der Waals surface area contributed by atoms with E-state index in [-0.39, 0.29) is 11.9 Å². The number of anilines is 1. The predicted octanol–water partition coefficient (Wildman–Crippen LogP) is 3.96. The number of rotatable bonds is 3. The maximum Gasteiger partial charge on any atom is 0.252 e. The van der Waals surface area contributed by atoms with Crippen LogP contribution in [0.25, 0.3) is 0 Å². The number of hydrogen-bond acceptors (Lipinski definition) is 3. The van der Waals surface area contributed by atoms with E-state index in [0.29, 0.717) is 10.6 Å². The SMILES string of the molecule is CNC(=O)c1cc(NC2CSc3ccccc32)ccc1Cl. The molecule has 2 aromatic carbocycles. The Kier molecular flexibility index (Phi) is 4.08. The van der Waals surface area contributed by atoms with E-state index in [9.17, 15) is 4.79 Å². The zero-order valence-electron chi connectivity index (χ0n) is 11.5. The van der Waals surface area contributed by atoms with E-state index < -0.39 is 0 Å². The number of carbonyl (C=O) groups excluding carboxylic acids is 1. The van der Waals surface area contributed by atoms with Crippen LogP contribution in [-0.2, 0) is 0 Å². The van der Waals surface area contributed by atoms with Gasteiger partial charge in [0.15, 0.2) is 0 Å². The number of fused-ring (bicyclic) bond motifs is 1. The van der Waals surface area contributed by atoms with Gasteiger partial charge in [0.25, 0.3) is 5.91 Å². The molecule has 2 aromatic rings. The summed E-state index contributed by atoms with van der Waals surface area (Å²) in [5.41, 5.74) is 2.70. The molecule has 1 amide bonds. The summed E-state index contributed by atoms with van der Waals surface area (Å²) in [6.07, 6.45) is 0. The van der Waals surface area contributed by atoms with Crippen LogP contribution in [0.1, 0.15) is 22.0 Å². The number of hydrogen-bond donors (Lipinski definition) is 2. The molecule has 1 unspecified atom stereocenters.